The Balaban J connectivity index is 2.07. The minimum absolute atomic E-state index is 0.0165. The summed E-state index contributed by atoms with van der Waals surface area (Å²) >= 11 is 0. The van der Waals surface area contributed by atoms with Gasteiger partial charge in [-0.3, -0.25) is 0 Å². The van der Waals surface area contributed by atoms with Gasteiger partial charge in [0.25, 0.3) is 11.8 Å². The summed E-state index contributed by atoms with van der Waals surface area (Å²) < 4.78 is 5.42. The van der Waals surface area contributed by atoms with Gasteiger partial charge in [-0.1, -0.05) is 18.2 Å². The summed E-state index contributed by atoms with van der Waals surface area (Å²) in [6.07, 6.45) is 0. The van der Waals surface area contributed by atoms with Crippen molar-refractivity contribution in [1.29, 1.82) is 0 Å². The largest absolute Gasteiger partial charge is 0.507 e. The Morgan fingerprint density at radius 3 is 2.05 bits per heavy atom. The van der Waals surface area contributed by atoms with Crippen LogP contribution in [0, 0.1) is 0 Å². The smallest absolute Gasteiger partial charge is 0.252 e. The highest BCUT2D eigenvalue weighted by atomic mass is 16.4. The van der Waals surface area contributed by atoms with E-state index < -0.39 is 0 Å². The van der Waals surface area contributed by atoms with Crippen LogP contribution in [-0.2, 0) is 0 Å². The molecule has 1 aromatic heterocycles. The molecule has 1 heterocycles. The minimum Gasteiger partial charge on any atom is -0.507 e. The molecule has 2 aromatic carbocycles. The average Bonchev–Trinajstić information content (AvgIpc) is 2.92. The molecular weight excluding hydrogens is 260 g/mol. The Morgan fingerprint density at radius 1 is 0.700 bits per heavy atom. The number of benzene rings is 2. The van der Waals surface area contributed by atoms with Crippen molar-refractivity contribution in [1.82, 2.24) is 10.2 Å². The summed E-state index contributed by atoms with van der Waals surface area (Å²) in [5, 5.41) is 36.6. The number of phenols is 3. The van der Waals surface area contributed by atoms with Gasteiger partial charge >= 0.3 is 0 Å². The first-order chi connectivity index (χ1) is 9.66. The molecule has 0 spiro atoms. The van der Waals surface area contributed by atoms with Gasteiger partial charge in [0.1, 0.15) is 5.75 Å². The van der Waals surface area contributed by atoms with Crippen molar-refractivity contribution in [2.75, 3.05) is 0 Å². The van der Waals surface area contributed by atoms with Crippen LogP contribution >= 0.6 is 0 Å². The third-order valence-corrected chi connectivity index (χ3v) is 2.80. The van der Waals surface area contributed by atoms with Crippen molar-refractivity contribution >= 4 is 0 Å². The second-order valence-electron chi connectivity index (χ2n) is 4.10. The topological polar surface area (TPSA) is 99.6 Å². The van der Waals surface area contributed by atoms with E-state index in [0.717, 1.165) is 0 Å². The van der Waals surface area contributed by atoms with Gasteiger partial charge in [-0.15, -0.1) is 10.2 Å². The van der Waals surface area contributed by atoms with Gasteiger partial charge in [0, 0.05) is 0 Å². The van der Waals surface area contributed by atoms with E-state index in [2.05, 4.69) is 10.2 Å². The van der Waals surface area contributed by atoms with Crippen molar-refractivity contribution < 1.29 is 19.7 Å². The maximum Gasteiger partial charge on any atom is 0.252 e. The molecule has 0 aliphatic carbocycles. The summed E-state index contributed by atoms with van der Waals surface area (Å²) in [5.41, 5.74) is 0.616. The zero-order valence-electron chi connectivity index (χ0n) is 10.2. The molecule has 0 radical (unpaired) electrons. The number of hydrogen-bond acceptors (Lipinski definition) is 6. The molecule has 0 bridgehead atoms. The Hall–Kier alpha value is -3.02. The fourth-order valence-electron chi connectivity index (χ4n) is 1.80. The van der Waals surface area contributed by atoms with Gasteiger partial charge in [-0.25, -0.2) is 0 Å². The van der Waals surface area contributed by atoms with Crippen LogP contribution in [0.4, 0.5) is 0 Å². The summed E-state index contributed by atoms with van der Waals surface area (Å²) in [5.74, 6) is -0.412. The SMILES string of the molecule is Oc1ccccc1-c1nnc(-c2cccc(O)c2O)o1. The van der Waals surface area contributed by atoms with E-state index in [4.69, 9.17) is 4.42 Å². The monoisotopic (exact) mass is 270 g/mol. The molecule has 0 fully saturated rings. The molecule has 3 aromatic rings. The van der Waals surface area contributed by atoms with Crippen molar-refractivity contribution in [3.63, 3.8) is 0 Å². The third-order valence-electron chi connectivity index (χ3n) is 2.80. The Labute approximate surface area is 113 Å². The summed E-state index contributed by atoms with van der Waals surface area (Å²) in [6, 6.07) is 11.0. The van der Waals surface area contributed by atoms with Gasteiger partial charge in [0.2, 0.25) is 0 Å². The Morgan fingerprint density at radius 2 is 1.30 bits per heavy atom. The first-order valence-corrected chi connectivity index (χ1v) is 5.80. The predicted molar refractivity (Wildman–Crippen MR) is 70.2 cm³/mol. The maximum absolute atomic E-state index is 9.76. The predicted octanol–water partition coefficient (Wildman–Crippen LogP) is 2.52. The third kappa shape index (κ3) is 1.93. The first kappa shape index (κ1) is 12.0. The van der Waals surface area contributed by atoms with Gasteiger partial charge < -0.3 is 19.7 Å². The summed E-state index contributed by atoms with van der Waals surface area (Å²) in [7, 11) is 0. The highest BCUT2D eigenvalue weighted by Crippen LogP contribution is 2.37. The summed E-state index contributed by atoms with van der Waals surface area (Å²) in [6.45, 7) is 0. The number of aromatic nitrogens is 2. The normalized spacial score (nSPS) is 10.6. The molecule has 0 saturated heterocycles. The van der Waals surface area contributed by atoms with E-state index in [1.165, 1.54) is 18.2 Å². The first-order valence-electron chi connectivity index (χ1n) is 5.80. The molecule has 0 amide bonds. The molecular formula is C14H10N2O4. The minimum atomic E-state index is -0.333. The lowest BCUT2D eigenvalue weighted by atomic mass is 10.2. The highest BCUT2D eigenvalue weighted by molar-refractivity contribution is 5.68. The lowest BCUT2D eigenvalue weighted by Crippen LogP contribution is -1.79. The average molecular weight is 270 g/mol. The second kappa shape index (κ2) is 4.58. The number of hydrogen-bond donors (Lipinski definition) is 3. The fourth-order valence-corrected chi connectivity index (χ4v) is 1.80. The molecule has 0 unspecified atom stereocenters. The lowest BCUT2D eigenvalue weighted by molar-refractivity contribution is 0.403. The van der Waals surface area contributed by atoms with E-state index in [1.807, 2.05) is 0 Å². The van der Waals surface area contributed by atoms with E-state index >= 15 is 0 Å². The second-order valence-corrected chi connectivity index (χ2v) is 4.10. The zero-order valence-corrected chi connectivity index (χ0v) is 10.2. The molecule has 0 aliphatic rings. The van der Waals surface area contributed by atoms with Crippen LogP contribution < -0.4 is 0 Å². The summed E-state index contributed by atoms with van der Waals surface area (Å²) in [4.78, 5) is 0. The fraction of sp³-hybridized carbons (Fsp3) is 0. The number of nitrogens with zero attached hydrogens (tertiary/aromatic N) is 2. The van der Waals surface area contributed by atoms with Crippen LogP contribution in [0.3, 0.4) is 0 Å². The van der Waals surface area contributed by atoms with Crippen molar-refractivity contribution in [3.05, 3.63) is 42.5 Å². The number of phenolic OH excluding ortho intramolecular Hbond substituents is 3. The van der Waals surface area contributed by atoms with Crippen LogP contribution in [0.2, 0.25) is 0 Å². The maximum atomic E-state index is 9.76. The van der Waals surface area contributed by atoms with Crippen LogP contribution in [0.1, 0.15) is 0 Å². The number of aromatic hydroxyl groups is 3. The molecule has 6 nitrogen and oxygen atoms in total. The van der Waals surface area contributed by atoms with Crippen LogP contribution in [0.5, 0.6) is 17.2 Å². The number of rotatable bonds is 2. The molecule has 6 heteroatoms. The van der Waals surface area contributed by atoms with Crippen LogP contribution in [0.15, 0.2) is 46.9 Å². The van der Waals surface area contributed by atoms with Gasteiger partial charge in [-0.2, -0.15) is 0 Å². The van der Waals surface area contributed by atoms with Crippen LogP contribution in [-0.4, -0.2) is 25.5 Å². The molecule has 100 valence electrons. The lowest BCUT2D eigenvalue weighted by Gasteiger charge is -2.01. The zero-order chi connectivity index (χ0) is 14.1. The molecule has 3 N–H and O–H groups in total. The van der Waals surface area contributed by atoms with Gasteiger partial charge in [0.05, 0.1) is 11.1 Å². The molecule has 0 atom stereocenters. The Kier molecular flexibility index (Phi) is 2.76. The molecule has 0 aliphatic heterocycles. The van der Waals surface area contributed by atoms with Gasteiger partial charge in [-0.05, 0) is 24.3 Å². The van der Waals surface area contributed by atoms with Crippen molar-refractivity contribution in [2.45, 2.75) is 0 Å². The van der Waals surface area contributed by atoms with E-state index in [0.29, 0.717) is 5.56 Å². The number of para-hydroxylation sites is 2. The van der Waals surface area contributed by atoms with Gasteiger partial charge in [0.15, 0.2) is 11.5 Å². The molecule has 20 heavy (non-hydrogen) atoms. The van der Waals surface area contributed by atoms with Crippen molar-refractivity contribution in [2.24, 2.45) is 0 Å². The van der Waals surface area contributed by atoms with E-state index in [1.54, 1.807) is 24.3 Å². The van der Waals surface area contributed by atoms with E-state index in [-0.39, 0.29) is 34.6 Å². The highest BCUT2D eigenvalue weighted by Gasteiger charge is 2.17. The van der Waals surface area contributed by atoms with Crippen molar-refractivity contribution in [3.8, 4) is 40.2 Å². The molecule has 0 saturated carbocycles. The standard InChI is InChI=1S/C14H10N2O4/c17-10-6-2-1-4-8(10)13-15-16-14(20-13)9-5-3-7-11(18)12(9)19/h1-7,17-19H. The van der Waals surface area contributed by atoms with Crippen LogP contribution in [0.25, 0.3) is 22.9 Å². The van der Waals surface area contributed by atoms with E-state index in [9.17, 15) is 15.3 Å². The quantitative estimate of drug-likeness (QED) is 0.619. The Bertz CT molecular complexity index is 767. The molecule has 3 rings (SSSR count).